The summed E-state index contributed by atoms with van der Waals surface area (Å²) in [5.74, 6) is 0.813. The molecule has 0 aliphatic carbocycles. The summed E-state index contributed by atoms with van der Waals surface area (Å²) in [5.41, 5.74) is 2.49. The van der Waals surface area contributed by atoms with Gasteiger partial charge in [0.05, 0.1) is 17.2 Å². The van der Waals surface area contributed by atoms with Gasteiger partial charge in [-0.3, -0.25) is 9.78 Å². The molecule has 0 saturated carbocycles. The molecule has 1 fully saturated rings. The van der Waals surface area contributed by atoms with Gasteiger partial charge in [0.1, 0.15) is 11.6 Å². The summed E-state index contributed by atoms with van der Waals surface area (Å²) in [6.07, 6.45) is 4.47. The highest BCUT2D eigenvalue weighted by atomic mass is 19.1. The third-order valence-corrected chi connectivity index (χ3v) is 4.97. The largest absolute Gasteiger partial charge is 0.338 e. The van der Waals surface area contributed by atoms with Gasteiger partial charge in [0.2, 0.25) is 0 Å². The number of imidazole rings is 1. The molecule has 0 N–H and O–H groups in total. The molecule has 0 bridgehead atoms. The number of fused-ring (bicyclic) bond motifs is 1. The molecule has 6 heteroatoms. The Bertz CT molecular complexity index is 948. The molecule has 2 aromatic heterocycles. The van der Waals surface area contributed by atoms with Crippen LogP contribution >= 0.6 is 0 Å². The van der Waals surface area contributed by atoms with Crippen LogP contribution in [0.15, 0.2) is 42.7 Å². The third-order valence-electron chi connectivity index (χ3n) is 4.97. The summed E-state index contributed by atoms with van der Waals surface area (Å²) in [5, 5.41) is 0. The van der Waals surface area contributed by atoms with Gasteiger partial charge < -0.3 is 9.47 Å². The van der Waals surface area contributed by atoms with Gasteiger partial charge >= 0.3 is 0 Å². The fraction of sp³-hybridized carbons (Fsp3) is 0.350. The first kappa shape index (κ1) is 16.7. The lowest BCUT2D eigenvalue weighted by Gasteiger charge is -2.19. The van der Waals surface area contributed by atoms with Gasteiger partial charge in [0.25, 0.3) is 5.91 Å². The van der Waals surface area contributed by atoms with E-state index < -0.39 is 0 Å². The summed E-state index contributed by atoms with van der Waals surface area (Å²) < 4.78 is 15.3. The second-order valence-electron chi connectivity index (χ2n) is 7.04. The highest BCUT2D eigenvalue weighted by Gasteiger charge is 2.31. The highest BCUT2D eigenvalue weighted by Crippen LogP contribution is 2.32. The van der Waals surface area contributed by atoms with Crippen LogP contribution in [0.2, 0.25) is 0 Å². The number of hydrogen-bond acceptors (Lipinski definition) is 3. The molecular formula is C20H21FN4O. The Morgan fingerprint density at radius 1 is 1.23 bits per heavy atom. The molecule has 1 unspecified atom stereocenters. The number of aromatic nitrogens is 3. The van der Waals surface area contributed by atoms with Crippen LogP contribution in [0.5, 0.6) is 0 Å². The Balaban J connectivity index is 1.61. The Morgan fingerprint density at radius 2 is 2.00 bits per heavy atom. The number of hydrogen-bond donors (Lipinski definition) is 0. The number of halogens is 1. The topological polar surface area (TPSA) is 51.0 Å². The monoisotopic (exact) mass is 352 g/mol. The Morgan fingerprint density at radius 3 is 2.73 bits per heavy atom. The fourth-order valence-corrected chi connectivity index (χ4v) is 3.72. The lowest BCUT2D eigenvalue weighted by molar-refractivity contribution is 0.0790. The molecule has 134 valence electrons. The molecule has 4 rings (SSSR count). The molecule has 26 heavy (non-hydrogen) atoms. The predicted molar refractivity (Wildman–Crippen MR) is 97.6 cm³/mol. The molecule has 3 aromatic rings. The lowest BCUT2D eigenvalue weighted by atomic mass is 10.1. The van der Waals surface area contributed by atoms with E-state index in [1.165, 1.54) is 12.1 Å². The van der Waals surface area contributed by atoms with Crippen molar-refractivity contribution >= 4 is 16.9 Å². The van der Waals surface area contributed by atoms with Crippen molar-refractivity contribution in [1.82, 2.24) is 19.4 Å². The Hall–Kier alpha value is -2.76. The summed E-state index contributed by atoms with van der Waals surface area (Å²) in [4.78, 5) is 23.6. The Labute approximate surface area is 151 Å². The average molecular weight is 352 g/mol. The molecule has 3 heterocycles. The Kier molecular flexibility index (Phi) is 4.18. The summed E-state index contributed by atoms with van der Waals surface area (Å²) in [7, 11) is 0. The number of amides is 1. The maximum atomic E-state index is 13.1. The van der Waals surface area contributed by atoms with E-state index in [-0.39, 0.29) is 23.7 Å². The fourth-order valence-electron chi connectivity index (χ4n) is 3.72. The standard InChI is InChI=1S/C20H21FN4O/c1-13(2)25-18-11-22-9-7-17(18)23-19(25)15-8-10-24(12-15)20(26)14-3-5-16(21)6-4-14/h3-7,9,11,13,15H,8,10,12H2,1-2H3. The molecule has 0 spiro atoms. The summed E-state index contributed by atoms with van der Waals surface area (Å²) >= 11 is 0. The maximum Gasteiger partial charge on any atom is 0.253 e. The number of pyridine rings is 1. The van der Waals surface area contributed by atoms with Crippen LogP contribution in [-0.4, -0.2) is 38.4 Å². The van der Waals surface area contributed by atoms with Crippen molar-refractivity contribution in [2.45, 2.75) is 32.2 Å². The quantitative estimate of drug-likeness (QED) is 0.721. The van der Waals surface area contributed by atoms with Crippen molar-refractivity contribution in [3.05, 3.63) is 59.9 Å². The van der Waals surface area contributed by atoms with Crippen molar-refractivity contribution < 1.29 is 9.18 Å². The zero-order valence-electron chi connectivity index (χ0n) is 14.9. The van der Waals surface area contributed by atoms with Gasteiger partial charge in [0, 0.05) is 36.8 Å². The van der Waals surface area contributed by atoms with Gasteiger partial charge in [-0.25, -0.2) is 9.37 Å². The number of likely N-dealkylation sites (tertiary alicyclic amines) is 1. The first-order valence-electron chi connectivity index (χ1n) is 8.91. The van der Waals surface area contributed by atoms with E-state index in [0.29, 0.717) is 18.7 Å². The summed E-state index contributed by atoms with van der Waals surface area (Å²) in [6, 6.07) is 7.92. The average Bonchev–Trinajstić information content (AvgIpc) is 3.26. The SMILES string of the molecule is CC(C)n1c(C2CCN(C(=O)c3ccc(F)cc3)C2)nc2ccncc21. The van der Waals surface area contributed by atoms with Gasteiger partial charge in [-0.05, 0) is 50.6 Å². The second kappa shape index (κ2) is 6.52. The molecular weight excluding hydrogens is 331 g/mol. The van der Waals surface area contributed by atoms with E-state index in [9.17, 15) is 9.18 Å². The minimum atomic E-state index is -0.333. The van der Waals surface area contributed by atoms with E-state index in [1.54, 1.807) is 18.3 Å². The molecule has 1 aliphatic rings. The number of carbonyl (C=O) groups is 1. The van der Waals surface area contributed by atoms with Crippen LogP contribution in [0, 0.1) is 5.82 Å². The number of nitrogens with zero attached hydrogens (tertiary/aromatic N) is 4. The molecule has 1 aliphatic heterocycles. The van der Waals surface area contributed by atoms with Crippen molar-refractivity contribution in [2.75, 3.05) is 13.1 Å². The van der Waals surface area contributed by atoms with Gasteiger partial charge in [-0.15, -0.1) is 0 Å². The van der Waals surface area contributed by atoms with E-state index >= 15 is 0 Å². The summed E-state index contributed by atoms with van der Waals surface area (Å²) in [6.45, 7) is 5.57. The van der Waals surface area contributed by atoms with Crippen molar-refractivity contribution in [3.8, 4) is 0 Å². The first-order valence-corrected chi connectivity index (χ1v) is 8.91. The van der Waals surface area contributed by atoms with Crippen LogP contribution in [0.1, 0.15) is 48.4 Å². The predicted octanol–water partition coefficient (Wildman–Crippen LogP) is 3.78. The lowest BCUT2D eigenvalue weighted by Crippen LogP contribution is -2.28. The van der Waals surface area contributed by atoms with Crippen LogP contribution in [-0.2, 0) is 0 Å². The van der Waals surface area contributed by atoms with Crippen molar-refractivity contribution in [2.24, 2.45) is 0 Å². The van der Waals surface area contributed by atoms with Crippen LogP contribution in [0.4, 0.5) is 4.39 Å². The molecule has 1 saturated heterocycles. The second-order valence-corrected chi connectivity index (χ2v) is 7.04. The number of benzene rings is 1. The number of rotatable bonds is 3. The zero-order chi connectivity index (χ0) is 18.3. The van der Waals surface area contributed by atoms with Crippen LogP contribution < -0.4 is 0 Å². The first-order chi connectivity index (χ1) is 12.5. The molecule has 5 nitrogen and oxygen atoms in total. The van der Waals surface area contributed by atoms with E-state index in [1.807, 2.05) is 17.2 Å². The van der Waals surface area contributed by atoms with E-state index in [2.05, 4.69) is 23.4 Å². The molecule has 1 atom stereocenters. The molecule has 1 amide bonds. The normalized spacial score (nSPS) is 17.4. The number of carbonyl (C=O) groups excluding carboxylic acids is 1. The molecule has 1 aromatic carbocycles. The van der Waals surface area contributed by atoms with Crippen molar-refractivity contribution in [1.29, 1.82) is 0 Å². The molecule has 0 radical (unpaired) electrons. The third kappa shape index (κ3) is 2.85. The minimum Gasteiger partial charge on any atom is -0.338 e. The van der Waals surface area contributed by atoms with E-state index in [0.717, 1.165) is 23.3 Å². The van der Waals surface area contributed by atoms with Gasteiger partial charge in [-0.2, -0.15) is 0 Å². The smallest absolute Gasteiger partial charge is 0.253 e. The van der Waals surface area contributed by atoms with E-state index in [4.69, 9.17) is 4.98 Å². The maximum absolute atomic E-state index is 13.1. The van der Waals surface area contributed by atoms with Crippen LogP contribution in [0.3, 0.4) is 0 Å². The van der Waals surface area contributed by atoms with Crippen molar-refractivity contribution in [3.63, 3.8) is 0 Å². The van der Waals surface area contributed by atoms with Gasteiger partial charge in [-0.1, -0.05) is 0 Å². The minimum absolute atomic E-state index is 0.0543. The van der Waals surface area contributed by atoms with Gasteiger partial charge in [0.15, 0.2) is 0 Å². The zero-order valence-corrected chi connectivity index (χ0v) is 14.9. The van der Waals surface area contributed by atoms with Crippen LogP contribution in [0.25, 0.3) is 11.0 Å². The highest BCUT2D eigenvalue weighted by molar-refractivity contribution is 5.94.